The number of allylic oxidation sites excluding steroid dienone is 1. The van der Waals surface area contributed by atoms with E-state index in [0.717, 1.165) is 22.4 Å². The van der Waals surface area contributed by atoms with Gasteiger partial charge >= 0.3 is 0 Å². The zero-order chi connectivity index (χ0) is 20.6. The third-order valence-corrected chi connectivity index (χ3v) is 5.34. The monoisotopic (exact) mass is 403 g/mol. The second-order valence-corrected chi connectivity index (χ2v) is 8.07. The van der Waals surface area contributed by atoms with Crippen LogP contribution in [-0.4, -0.2) is 34.3 Å². The molecule has 0 saturated heterocycles. The number of hydrogen-bond acceptors (Lipinski definition) is 6. The second kappa shape index (κ2) is 9.94. The molecule has 0 bridgehead atoms. The summed E-state index contributed by atoms with van der Waals surface area (Å²) in [6, 6.07) is 10.0. The van der Waals surface area contributed by atoms with Gasteiger partial charge < -0.3 is 14.3 Å². The first-order valence-electron chi connectivity index (χ1n) is 8.74. The Bertz CT molecular complexity index is 924. The molecule has 0 aliphatic carbocycles. The number of oxime groups is 1. The summed E-state index contributed by atoms with van der Waals surface area (Å²) >= 11 is 0. The van der Waals surface area contributed by atoms with Gasteiger partial charge in [0, 0.05) is 0 Å². The van der Waals surface area contributed by atoms with Crippen molar-refractivity contribution in [1.29, 1.82) is 0 Å². The lowest BCUT2D eigenvalue weighted by Crippen LogP contribution is -2.13. The SMILES string of the molecule is C/C=C/COc1cc(C)c(OCS(=O)(=O)c2ccc(/C=N/OC)cc2)c(C)c1. The zero-order valence-corrected chi connectivity index (χ0v) is 17.3. The third-order valence-electron chi connectivity index (χ3n) is 3.92. The summed E-state index contributed by atoms with van der Waals surface area (Å²) in [5.74, 6) is 0.821. The predicted molar refractivity (Wildman–Crippen MR) is 110 cm³/mol. The molecule has 0 fully saturated rings. The lowest BCUT2D eigenvalue weighted by Gasteiger charge is -2.14. The van der Waals surface area contributed by atoms with Gasteiger partial charge in [-0.2, -0.15) is 0 Å². The summed E-state index contributed by atoms with van der Waals surface area (Å²) in [5.41, 5.74) is 2.37. The van der Waals surface area contributed by atoms with Crippen molar-refractivity contribution < 1.29 is 22.7 Å². The van der Waals surface area contributed by atoms with Gasteiger partial charge in [-0.15, -0.1) is 0 Å². The average Bonchev–Trinajstić information content (AvgIpc) is 2.66. The molecule has 150 valence electrons. The molecule has 0 aromatic heterocycles. The number of aryl methyl sites for hydroxylation is 2. The van der Waals surface area contributed by atoms with E-state index in [-0.39, 0.29) is 4.90 Å². The van der Waals surface area contributed by atoms with Gasteiger partial charge in [-0.1, -0.05) is 29.4 Å². The quantitative estimate of drug-likeness (QED) is 0.359. The Morgan fingerprint density at radius 1 is 1.04 bits per heavy atom. The smallest absolute Gasteiger partial charge is 0.213 e. The predicted octanol–water partition coefficient (Wildman–Crippen LogP) is 4.05. The molecule has 0 unspecified atom stereocenters. The fourth-order valence-electron chi connectivity index (χ4n) is 2.54. The molecule has 6 nitrogen and oxygen atoms in total. The summed E-state index contributed by atoms with van der Waals surface area (Å²) in [4.78, 5) is 4.79. The average molecular weight is 404 g/mol. The molecule has 0 N–H and O–H groups in total. The first kappa shape index (κ1) is 21.5. The lowest BCUT2D eigenvalue weighted by atomic mass is 10.1. The first-order chi connectivity index (χ1) is 13.4. The van der Waals surface area contributed by atoms with Crippen LogP contribution in [0.2, 0.25) is 0 Å². The molecule has 0 saturated carbocycles. The zero-order valence-electron chi connectivity index (χ0n) is 16.5. The highest BCUT2D eigenvalue weighted by atomic mass is 32.2. The molecule has 0 radical (unpaired) electrons. The Morgan fingerprint density at radius 3 is 2.25 bits per heavy atom. The highest BCUT2D eigenvalue weighted by molar-refractivity contribution is 7.91. The summed E-state index contributed by atoms with van der Waals surface area (Å²) in [7, 11) is -2.15. The van der Waals surface area contributed by atoms with E-state index in [2.05, 4.69) is 9.99 Å². The standard InChI is InChI=1S/C21H25NO5S/c1-5-6-11-26-19-12-16(2)21(17(3)13-19)27-15-28(23,24)20-9-7-18(8-10-20)14-22-25-4/h5-10,12-14H,11,15H2,1-4H3/b6-5+,22-14+. The highest BCUT2D eigenvalue weighted by Crippen LogP contribution is 2.29. The van der Waals surface area contributed by atoms with Crippen LogP contribution in [0.4, 0.5) is 0 Å². The minimum absolute atomic E-state index is 0.184. The van der Waals surface area contributed by atoms with E-state index in [1.54, 1.807) is 12.1 Å². The number of ether oxygens (including phenoxy) is 2. The fourth-order valence-corrected chi connectivity index (χ4v) is 3.50. The summed E-state index contributed by atoms with van der Waals surface area (Å²) in [5, 5.41) is 3.65. The molecule has 2 rings (SSSR count). The topological polar surface area (TPSA) is 74.2 Å². The van der Waals surface area contributed by atoms with Crippen LogP contribution in [-0.2, 0) is 14.7 Å². The van der Waals surface area contributed by atoms with E-state index in [4.69, 9.17) is 9.47 Å². The normalized spacial score (nSPS) is 11.9. The lowest BCUT2D eigenvalue weighted by molar-refractivity contribution is 0.215. The van der Waals surface area contributed by atoms with Crippen LogP contribution < -0.4 is 9.47 Å². The van der Waals surface area contributed by atoms with E-state index in [9.17, 15) is 8.42 Å². The van der Waals surface area contributed by atoms with E-state index in [1.807, 2.05) is 45.1 Å². The van der Waals surface area contributed by atoms with Crippen molar-refractivity contribution in [2.75, 3.05) is 19.7 Å². The van der Waals surface area contributed by atoms with Gasteiger partial charge in [0.05, 0.1) is 11.1 Å². The Labute approximate surface area is 166 Å². The Kier molecular flexibility index (Phi) is 7.63. The molecule has 2 aromatic rings. The molecule has 28 heavy (non-hydrogen) atoms. The van der Waals surface area contributed by atoms with Crippen molar-refractivity contribution in [3.63, 3.8) is 0 Å². The van der Waals surface area contributed by atoms with Crippen molar-refractivity contribution in [1.82, 2.24) is 0 Å². The van der Waals surface area contributed by atoms with Gasteiger partial charge in [-0.3, -0.25) is 0 Å². The fraction of sp³-hybridized carbons (Fsp3) is 0.286. The van der Waals surface area contributed by atoms with E-state index >= 15 is 0 Å². The van der Waals surface area contributed by atoms with Crippen molar-refractivity contribution in [2.45, 2.75) is 25.7 Å². The molecule has 0 aliphatic heterocycles. The van der Waals surface area contributed by atoms with Crippen molar-refractivity contribution in [3.05, 3.63) is 65.2 Å². The molecular formula is C21H25NO5S. The van der Waals surface area contributed by atoms with Gasteiger partial charge in [0.25, 0.3) is 0 Å². The van der Waals surface area contributed by atoms with E-state index in [0.29, 0.717) is 12.4 Å². The van der Waals surface area contributed by atoms with Crippen LogP contribution >= 0.6 is 0 Å². The second-order valence-electron chi connectivity index (χ2n) is 6.13. The van der Waals surface area contributed by atoms with Gasteiger partial charge in [0.2, 0.25) is 9.84 Å². The van der Waals surface area contributed by atoms with Crippen LogP contribution in [0.3, 0.4) is 0 Å². The molecule has 2 aromatic carbocycles. The maximum Gasteiger partial charge on any atom is 0.213 e. The number of sulfone groups is 1. The number of hydrogen-bond donors (Lipinski definition) is 0. The Morgan fingerprint density at radius 2 is 1.68 bits per heavy atom. The van der Waals surface area contributed by atoms with Crippen molar-refractivity contribution in [3.8, 4) is 11.5 Å². The molecule has 7 heteroatoms. The molecule has 0 amide bonds. The maximum atomic E-state index is 12.6. The van der Waals surface area contributed by atoms with Crippen LogP contribution in [0.5, 0.6) is 11.5 Å². The molecule has 0 heterocycles. The minimum atomic E-state index is -3.60. The van der Waals surface area contributed by atoms with Crippen LogP contribution in [0.25, 0.3) is 0 Å². The van der Waals surface area contributed by atoms with Gasteiger partial charge in [0.1, 0.15) is 25.2 Å². The number of nitrogens with zero attached hydrogens (tertiary/aromatic N) is 1. The molecule has 0 aliphatic rings. The highest BCUT2D eigenvalue weighted by Gasteiger charge is 2.17. The summed E-state index contributed by atoms with van der Waals surface area (Å²) < 4.78 is 36.5. The summed E-state index contributed by atoms with van der Waals surface area (Å²) in [6.45, 7) is 6.13. The van der Waals surface area contributed by atoms with Crippen LogP contribution in [0.1, 0.15) is 23.6 Å². The van der Waals surface area contributed by atoms with E-state index in [1.165, 1.54) is 25.5 Å². The van der Waals surface area contributed by atoms with Crippen molar-refractivity contribution in [2.24, 2.45) is 5.16 Å². The largest absolute Gasteiger partial charge is 0.490 e. The Hall–Kier alpha value is -2.80. The summed E-state index contributed by atoms with van der Waals surface area (Å²) in [6.07, 6.45) is 5.33. The first-order valence-corrected chi connectivity index (χ1v) is 10.4. The minimum Gasteiger partial charge on any atom is -0.490 e. The molecule has 0 atom stereocenters. The Balaban J connectivity index is 2.10. The molecule has 0 spiro atoms. The third kappa shape index (κ3) is 5.85. The van der Waals surface area contributed by atoms with E-state index < -0.39 is 15.8 Å². The number of benzene rings is 2. The van der Waals surface area contributed by atoms with Crippen molar-refractivity contribution >= 4 is 16.1 Å². The van der Waals surface area contributed by atoms with Gasteiger partial charge in [0.15, 0.2) is 5.94 Å². The van der Waals surface area contributed by atoms with Crippen LogP contribution in [0, 0.1) is 13.8 Å². The van der Waals surface area contributed by atoms with Crippen LogP contribution in [0.15, 0.2) is 58.6 Å². The molecular weight excluding hydrogens is 378 g/mol. The van der Waals surface area contributed by atoms with Gasteiger partial charge in [-0.05, 0) is 61.7 Å². The maximum absolute atomic E-state index is 12.6. The number of rotatable bonds is 9. The van der Waals surface area contributed by atoms with Gasteiger partial charge in [-0.25, -0.2) is 8.42 Å².